The SMILES string of the molecule is O=C(NCC(C(=O)O)c1ccccc1)c1cccs1. The van der Waals surface area contributed by atoms with E-state index in [-0.39, 0.29) is 12.5 Å². The summed E-state index contributed by atoms with van der Waals surface area (Å²) in [7, 11) is 0. The summed E-state index contributed by atoms with van der Waals surface area (Å²) in [6.45, 7) is 0.0794. The number of hydrogen-bond acceptors (Lipinski definition) is 3. The molecule has 1 aromatic carbocycles. The Morgan fingerprint density at radius 3 is 2.47 bits per heavy atom. The van der Waals surface area contributed by atoms with Crippen LogP contribution >= 0.6 is 11.3 Å². The van der Waals surface area contributed by atoms with Crippen LogP contribution in [0.15, 0.2) is 47.8 Å². The van der Waals surface area contributed by atoms with E-state index in [9.17, 15) is 14.7 Å². The topological polar surface area (TPSA) is 66.4 Å². The Balaban J connectivity index is 2.03. The minimum Gasteiger partial charge on any atom is -0.481 e. The molecule has 2 N–H and O–H groups in total. The monoisotopic (exact) mass is 275 g/mol. The van der Waals surface area contributed by atoms with Gasteiger partial charge in [-0.2, -0.15) is 0 Å². The minimum atomic E-state index is -0.947. The highest BCUT2D eigenvalue weighted by Gasteiger charge is 2.20. The van der Waals surface area contributed by atoms with Crippen molar-refractivity contribution >= 4 is 23.2 Å². The molecule has 1 unspecified atom stereocenters. The molecule has 4 nitrogen and oxygen atoms in total. The van der Waals surface area contributed by atoms with Crippen molar-refractivity contribution in [3.63, 3.8) is 0 Å². The molecule has 0 saturated carbocycles. The van der Waals surface area contributed by atoms with Crippen LogP contribution in [-0.4, -0.2) is 23.5 Å². The zero-order valence-electron chi connectivity index (χ0n) is 10.1. The summed E-state index contributed by atoms with van der Waals surface area (Å²) < 4.78 is 0. The standard InChI is InChI=1S/C14H13NO3S/c16-13(12-7-4-8-19-12)15-9-11(14(17)18)10-5-2-1-3-6-10/h1-8,11H,9H2,(H,15,16)(H,17,18). The smallest absolute Gasteiger partial charge is 0.312 e. The molecule has 0 radical (unpaired) electrons. The summed E-state index contributed by atoms with van der Waals surface area (Å²) in [5, 5.41) is 13.7. The first kappa shape index (κ1) is 13.3. The molecule has 0 spiro atoms. The third kappa shape index (κ3) is 3.42. The molecule has 1 amide bonds. The Labute approximate surface area is 114 Å². The summed E-state index contributed by atoms with van der Waals surface area (Å²) in [6, 6.07) is 12.4. The van der Waals surface area contributed by atoms with Gasteiger partial charge in [0.2, 0.25) is 0 Å². The Morgan fingerprint density at radius 2 is 1.89 bits per heavy atom. The van der Waals surface area contributed by atoms with E-state index in [1.54, 1.807) is 41.8 Å². The number of carbonyl (C=O) groups excluding carboxylic acids is 1. The van der Waals surface area contributed by atoms with E-state index in [2.05, 4.69) is 5.32 Å². The lowest BCUT2D eigenvalue weighted by molar-refractivity contribution is -0.138. The van der Waals surface area contributed by atoms with Gasteiger partial charge in [-0.1, -0.05) is 36.4 Å². The van der Waals surface area contributed by atoms with Gasteiger partial charge >= 0.3 is 5.97 Å². The van der Waals surface area contributed by atoms with E-state index < -0.39 is 11.9 Å². The van der Waals surface area contributed by atoms with E-state index in [0.717, 1.165) is 0 Å². The maximum Gasteiger partial charge on any atom is 0.312 e. The van der Waals surface area contributed by atoms with Gasteiger partial charge in [-0.25, -0.2) is 0 Å². The number of hydrogen-bond donors (Lipinski definition) is 2. The van der Waals surface area contributed by atoms with Crippen LogP contribution in [0.3, 0.4) is 0 Å². The lowest BCUT2D eigenvalue weighted by Gasteiger charge is -2.13. The van der Waals surface area contributed by atoms with Gasteiger partial charge in [-0.15, -0.1) is 11.3 Å². The summed E-state index contributed by atoms with van der Waals surface area (Å²) in [4.78, 5) is 23.6. The molecule has 0 fully saturated rings. The molecule has 0 saturated heterocycles. The van der Waals surface area contributed by atoms with Crippen LogP contribution in [0, 0.1) is 0 Å². The first-order valence-corrected chi connectivity index (χ1v) is 6.66. The predicted molar refractivity (Wildman–Crippen MR) is 73.5 cm³/mol. The fraction of sp³-hybridized carbons (Fsp3) is 0.143. The number of carbonyl (C=O) groups is 2. The number of rotatable bonds is 5. The van der Waals surface area contributed by atoms with Crippen molar-refractivity contribution < 1.29 is 14.7 Å². The molecule has 2 rings (SSSR count). The second-order valence-electron chi connectivity index (χ2n) is 3.99. The highest BCUT2D eigenvalue weighted by molar-refractivity contribution is 7.12. The molecule has 1 aromatic heterocycles. The lowest BCUT2D eigenvalue weighted by atomic mass is 9.99. The van der Waals surface area contributed by atoms with Crippen LogP contribution in [0.1, 0.15) is 21.2 Å². The van der Waals surface area contributed by atoms with Crippen LogP contribution in [0.25, 0.3) is 0 Å². The number of carboxylic acid groups (broad SMARTS) is 1. The van der Waals surface area contributed by atoms with Crippen molar-refractivity contribution in [2.75, 3.05) is 6.54 Å². The molecule has 2 aromatic rings. The number of benzene rings is 1. The summed E-state index contributed by atoms with van der Waals surface area (Å²) in [6.07, 6.45) is 0. The largest absolute Gasteiger partial charge is 0.481 e. The van der Waals surface area contributed by atoms with Crippen LogP contribution < -0.4 is 5.32 Å². The molecule has 5 heteroatoms. The number of thiophene rings is 1. The van der Waals surface area contributed by atoms with Gasteiger partial charge in [0.05, 0.1) is 10.8 Å². The normalized spacial score (nSPS) is 11.8. The zero-order chi connectivity index (χ0) is 13.7. The molecule has 98 valence electrons. The highest BCUT2D eigenvalue weighted by atomic mass is 32.1. The highest BCUT2D eigenvalue weighted by Crippen LogP contribution is 2.15. The van der Waals surface area contributed by atoms with E-state index in [0.29, 0.717) is 10.4 Å². The Bertz CT molecular complexity index is 551. The summed E-state index contributed by atoms with van der Waals surface area (Å²) in [5.41, 5.74) is 0.682. The Hall–Kier alpha value is -2.14. The van der Waals surface area contributed by atoms with Crippen LogP contribution in [0.4, 0.5) is 0 Å². The average molecular weight is 275 g/mol. The van der Waals surface area contributed by atoms with Crippen molar-refractivity contribution in [1.82, 2.24) is 5.32 Å². The first-order valence-electron chi connectivity index (χ1n) is 5.78. The Kier molecular flexibility index (Phi) is 4.30. The quantitative estimate of drug-likeness (QED) is 0.880. The van der Waals surface area contributed by atoms with Gasteiger partial charge < -0.3 is 10.4 Å². The molecule has 0 bridgehead atoms. The van der Waals surface area contributed by atoms with Crippen molar-refractivity contribution in [3.8, 4) is 0 Å². The van der Waals surface area contributed by atoms with E-state index in [1.807, 2.05) is 6.07 Å². The molecule has 19 heavy (non-hydrogen) atoms. The maximum atomic E-state index is 11.8. The van der Waals surface area contributed by atoms with E-state index in [4.69, 9.17) is 0 Å². The average Bonchev–Trinajstić information content (AvgIpc) is 2.93. The van der Waals surface area contributed by atoms with Gasteiger partial charge in [0.15, 0.2) is 0 Å². The molecular formula is C14H13NO3S. The summed E-state index contributed by atoms with van der Waals surface area (Å²) in [5.74, 6) is -1.92. The third-order valence-electron chi connectivity index (χ3n) is 2.71. The fourth-order valence-electron chi connectivity index (χ4n) is 1.72. The minimum absolute atomic E-state index is 0.0794. The predicted octanol–water partition coefficient (Wildman–Crippen LogP) is 2.35. The first-order chi connectivity index (χ1) is 9.18. The second-order valence-corrected chi connectivity index (χ2v) is 4.94. The third-order valence-corrected chi connectivity index (χ3v) is 3.58. The molecule has 0 aliphatic heterocycles. The van der Waals surface area contributed by atoms with E-state index >= 15 is 0 Å². The van der Waals surface area contributed by atoms with Gasteiger partial charge in [-0.3, -0.25) is 9.59 Å². The number of amides is 1. The number of nitrogens with one attached hydrogen (secondary N) is 1. The maximum absolute atomic E-state index is 11.8. The molecule has 0 aliphatic rings. The van der Waals surface area contributed by atoms with Gasteiger partial charge in [0.1, 0.15) is 0 Å². The molecular weight excluding hydrogens is 262 g/mol. The summed E-state index contributed by atoms with van der Waals surface area (Å²) >= 11 is 1.33. The molecule has 1 atom stereocenters. The van der Waals surface area contributed by atoms with Crippen LogP contribution in [0.2, 0.25) is 0 Å². The number of carboxylic acids is 1. The van der Waals surface area contributed by atoms with Crippen molar-refractivity contribution in [1.29, 1.82) is 0 Å². The van der Waals surface area contributed by atoms with Crippen molar-refractivity contribution in [2.45, 2.75) is 5.92 Å². The second kappa shape index (κ2) is 6.15. The molecule has 0 aliphatic carbocycles. The van der Waals surface area contributed by atoms with Crippen molar-refractivity contribution in [2.24, 2.45) is 0 Å². The number of aliphatic carboxylic acids is 1. The van der Waals surface area contributed by atoms with E-state index in [1.165, 1.54) is 11.3 Å². The van der Waals surface area contributed by atoms with Crippen molar-refractivity contribution in [3.05, 3.63) is 58.3 Å². The lowest BCUT2D eigenvalue weighted by Crippen LogP contribution is -2.31. The van der Waals surface area contributed by atoms with Gasteiger partial charge in [-0.05, 0) is 17.0 Å². The van der Waals surface area contributed by atoms with Crippen LogP contribution in [0.5, 0.6) is 0 Å². The molecule has 1 heterocycles. The van der Waals surface area contributed by atoms with Gasteiger partial charge in [0.25, 0.3) is 5.91 Å². The fourth-order valence-corrected chi connectivity index (χ4v) is 2.36. The van der Waals surface area contributed by atoms with Gasteiger partial charge in [0, 0.05) is 6.54 Å². The Morgan fingerprint density at radius 1 is 1.16 bits per heavy atom. The zero-order valence-corrected chi connectivity index (χ0v) is 10.9. The van der Waals surface area contributed by atoms with Crippen LogP contribution in [-0.2, 0) is 4.79 Å².